The highest BCUT2D eigenvalue weighted by Crippen LogP contribution is 2.15. The fourth-order valence-electron chi connectivity index (χ4n) is 1.58. The van der Waals surface area contributed by atoms with E-state index in [4.69, 9.17) is 4.42 Å². The van der Waals surface area contributed by atoms with Crippen LogP contribution in [-0.4, -0.2) is 21.4 Å². The van der Waals surface area contributed by atoms with Crippen LogP contribution in [-0.2, 0) is 10.0 Å². The van der Waals surface area contributed by atoms with Gasteiger partial charge < -0.3 is 9.73 Å². The normalized spacial score (nSPS) is 11.3. The second-order valence-corrected chi connectivity index (χ2v) is 5.98. The summed E-state index contributed by atoms with van der Waals surface area (Å²) in [6, 6.07) is 9.11. The minimum absolute atomic E-state index is 0.131. The van der Waals surface area contributed by atoms with E-state index >= 15 is 0 Å². The number of aryl methyl sites for hydroxylation is 1. The van der Waals surface area contributed by atoms with Crippen molar-refractivity contribution in [1.29, 1.82) is 0 Å². The molecule has 0 unspecified atom stereocenters. The molecule has 0 bridgehead atoms. The molecule has 0 spiro atoms. The van der Waals surface area contributed by atoms with Crippen LogP contribution in [0.2, 0.25) is 0 Å². The second-order valence-electron chi connectivity index (χ2n) is 4.10. The predicted octanol–water partition coefficient (Wildman–Crippen LogP) is 1.75. The maximum Gasteiger partial charge on any atom is 0.291 e. The van der Waals surface area contributed by atoms with Crippen molar-refractivity contribution < 1.29 is 17.6 Å². The summed E-state index contributed by atoms with van der Waals surface area (Å²) in [4.78, 5) is 12.0. The van der Waals surface area contributed by atoms with E-state index in [2.05, 4.69) is 10.0 Å². The number of anilines is 1. The molecule has 7 heteroatoms. The van der Waals surface area contributed by atoms with Crippen LogP contribution in [0, 0.1) is 6.92 Å². The first-order valence-corrected chi connectivity index (χ1v) is 7.32. The molecule has 1 amide bonds. The number of rotatable bonds is 4. The molecule has 0 atom stereocenters. The van der Waals surface area contributed by atoms with Crippen LogP contribution in [0.4, 0.5) is 5.69 Å². The number of benzene rings is 1. The number of carbonyl (C=O) groups is 1. The Morgan fingerprint density at radius 3 is 2.25 bits per heavy atom. The van der Waals surface area contributed by atoms with Gasteiger partial charge in [-0.3, -0.25) is 4.79 Å². The standard InChI is InChI=1S/C13H14N2O4S/c1-9-3-8-12(19-9)13(16)15-10-4-6-11(7-5-10)20(17,18)14-2/h3-8,14H,1-2H3,(H,15,16). The van der Waals surface area contributed by atoms with Gasteiger partial charge in [0.05, 0.1) is 4.90 Å². The van der Waals surface area contributed by atoms with E-state index in [1.165, 1.54) is 31.3 Å². The number of amides is 1. The fourth-order valence-corrected chi connectivity index (χ4v) is 2.31. The molecular formula is C13H14N2O4S. The van der Waals surface area contributed by atoms with Crippen LogP contribution in [0.15, 0.2) is 45.7 Å². The Bertz CT molecular complexity index is 717. The minimum Gasteiger partial charge on any atom is -0.456 e. The van der Waals surface area contributed by atoms with E-state index in [-0.39, 0.29) is 16.6 Å². The van der Waals surface area contributed by atoms with Crippen LogP contribution in [0.1, 0.15) is 16.3 Å². The van der Waals surface area contributed by atoms with Crippen molar-refractivity contribution in [2.75, 3.05) is 12.4 Å². The maximum atomic E-state index is 11.8. The fraction of sp³-hybridized carbons (Fsp3) is 0.154. The molecule has 106 valence electrons. The van der Waals surface area contributed by atoms with Gasteiger partial charge >= 0.3 is 0 Å². The highest BCUT2D eigenvalue weighted by molar-refractivity contribution is 7.89. The molecule has 1 aromatic carbocycles. The molecule has 2 aromatic rings. The van der Waals surface area contributed by atoms with E-state index in [0.29, 0.717) is 11.4 Å². The van der Waals surface area contributed by atoms with E-state index in [9.17, 15) is 13.2 Å². The molecule has 0 saturated heterocycles. The molecule has 20 heavy (non-hydrogen) atoms. The topological polar surface area (TPSA) is 88.4 Å². The number of hydrogen-bond acceptors (Lipinski definition) is 4. The zero-order chi connectivity index (χ0) is 14.8. The molecule has 0 aliphatic heterocycles. The lowest BCUT2D eigenvalue weighted by Crippen LogP contribution is -2.18. The molecule has 0 fully saturated rings. The zero-order valence-corrected chi connectivity index (χ0v) is 11.8. The van der Waals surface area contributed by atoms with Gasteiger partial charge in [-0.2, -0.15) is 0 Å². The largest absolute Gasteiger partial charge is 0.456 e. The van der Waals surface area contributed by atoms with Crippen molar-refractivity contribution in [3.8, 4) is 0 Å². The molecule has 6 nitrogen and oxygen atoms in total. The highest BCUT2D eigenvalue weighted by atomic mass is 32.2. The van der Waals surface area contributed by atoms with Crippen molar-refractivity contribution in [3.05, 3.63) is 47.9 Å². The van der Waals surface area contributed by atoms with Gasteiger partial charge in [0.15, 0.2) is 5.76 Å². The van der Waals surface area contributed by atoms with Gasteiger partial charge in [-0.1, -0.05) is 0 Å². The van der Waals surface area contributed by atoms with Gasteiger partial charge in [0.1, 0.15) is 5.76 Å². The first-order valence-electron chi connectivity index (χ1n) is 5.84. The van der Waals surface area contributed by atoms with Gasteiger partial charge in [-0.05, 0) is 50.4 Å². The van der Waals surface area contributed by atoms with Crippen LogP contribution >= 0.6 is 0 Å². The Balaban J connectivity index is 2.14. The molecule has 0 saturated carbocycles. The Hall–Kier alpha value is -2.12. The molecule has 1 heterocycles. The zero-order valence-electron chi connectivity index (χ0n) is 11.0. The molecule has 0 radical (unpaired) electrons. The van der Waals surface area contributed by atoms with Crippen molar-refractivity contribution in [2.45, 2.75) is 11.8 Å². The number of carbonyl (C=O) groups excluding carboxylic acids is 1. The highest BCUT2D eigenvalue weighted by Gasteiger charge is 2.13. The third-order valence-electron chi connectivity index (χ3n) is 2.66. The summed E-state index contributed by atoms with van der Waals surface area (Å²) in [5, 5.41) is 2.62. The van der Waals surface area contributed by atoms with Crippen molar-refractivity contribution >= 4 is 21.6 Å². The average Bonchev–Trinajstić information content (AvgIpc) is 2.86. The molecule has 2 N–H and O–H groups in total. The van der Waals surface area contributed by atoms with Gasteiger partial charge in [0.2, 0.25) is 10.0 Å². The second kappa shape index (κ2) is 5.48. The SMILES string of the molecule is CNS(=O)(=O)c1ccc(NC(=O)c2ccc(C)o2)cc1. The molecule has 0 aliphatic carbocycles. The van der Waals surface area contributed by atoms with Crippen molar-refractivity contribution in [2.24, 2.45) is 0 Å². The lowest BCUT2D eigenvalue weighted by atomic mass is 10.3. The first kappa shape index (κ1) is 14.3. The molecule has 2 rings (SSSR count). The lowest BCUT2D eigenvalue weighted by molar-refractivity contribution is 0.0995. The van der Waals surface area contributed by atoms with Gasteiger partial charge in [0.25, 0.3) is 5.91 Å². The summed E-state index contributed by atoms with van der Waals surface area (Å²) in [7, 11) is -2.14. The Morgan fingerprint density at radius 1 is 1.10 bits per heavy atom. The number of sulfonamides is 1. The quantitative estimate of drug-likeness (QED) is 0.899. The summed E-state index contributed by atoms with van der Waals surface area (Å²) >= 11 is 0. The van der Waals surface area contributed by atoms with E-state index < -0.39 is 10.0 Å². The third-order valence-corrected chi connectivity index (χ3v) is 4.09. The summed E-state index contributed by atoms with van der Waals surface area (Å²) in [5.74, 6) is 0.461. The maximum absolute atomic E-state index is 11.8. The lowest BCUT2D eigenvalue weighted by Gasteiger charge is -2.05. The van der Waals surface area contributed by atoms with E-state index in [1.807, 2.05) is 0 Å². The van der Waals surface area contributed by atoms with Crippen LogP contribution in [0.3, 0.4) is 0 Å². The Kier molecular flexibility index (Phi) is 3.91. The monoisotopic (exact) mass is 294 g/mol. The van der Waals surface area contributed by atoms with Crippen molar-refractivity contribution in [3.63, 3.8) is 0 Å². The van der Waals surface area contributed by atoms with Crippen LogP contribution < -0.4 is 10.0 Å². The summed E-state index contributed by atoms with van der Waals surface area (Å²) in [5.41, 5.74) is 0.485. The van der Waals surface area contributed by atoms with E-state index in [1.54, 1.807) is 19.1 Å². The third kappa shape index (κ3) is 3.06. The van der Waals surface area contributed by atoms with E-state index in [0.717, 1.165) is 0 Å². The Labute approximate surface area is 116 Å². The summed E-state index contributed by atoms with van der Waals surface area (Å²) in [6.07, 6.45) is 0. The molecule has 0 aliphatic rings. The minimum atomic E-state index is -3.47. The molecule has 1 aromatic heterocycles. The number of nitrogens with one attached hydrogen (secondary N) is 2. The summed E-state index contributed by atoms with van der Waals surface area (Å²) in [6.45, 7) is 1.74. The molecular weight excluding hydrogens is 280 g/mol. The smallest absolute Gasteiger partial charge is 0.291 e. The average molecular weight is 294 g/mol. The van der Waals surface area contributed by atoms with Crippen LogP contribution in [0.5, 0.6) is 0 Å². The van der Waals surface area contributed by atoms with Crippen molar-refractivity contribution in [1.82, 2.24) is 4.72 Å². The van der Waals surface area contributed by atoms with Crippen LogP contribution in [0.25, 0.3) is 0 Å². The van der Waals surface area contributed by atoms with Gasteiger partial charge in [-0.25, -0.2) is 13.1 Å². The predicted molar refractivity (Wildman–Crippen MR) is 74.1 cm³/mol. The van der Waals surface area contributed by atoms with Gasteiger partial charge in [0, 0.05) is 5.69 Å². The number of furan rings is 1. The summed E-state index contributed by atoms with van der Waals surface area (Å²) < 4.78 is 30.5. The first-order chi connectivity index (χ1) is 9.42. The van der Waals surface area contributed by atoms with Gasteiger partial charge in [-0.15, -0.1) is 0 Å². The Morgan fingerprint density at radius 2 is 1.75 bits per heavy atom. The number of hydrogen-bond donors (Lipinski definition) is 2.